The minimum absolute atomic E-state index is 0.0259. The molecular weight excluding hydrogens is 214 g/mol. The number of nitrogens with two attached hydrogens (primary N) is 1. The molecule has 3 nitrogen and oxygen atoms in total. The summed E-state index contributed by atoms with van der Waals surface area (Å²) in [6.07, 6.45) is 8.36. The lowest BCUT2D eigenvalue weighted by Crippen LogP contribution is -2.23. The smallest absolute Gasteiger partial charge is 0.306 e. The molecule has 0 aliphatic heterocycles. The summed E-state index contributed by atoms with van der Waals surface area (Å²) < 4.78 is 5.49. The largest absolute Gasteiger partial charge is 0.462 e. The molecule has 0 heterocycles. The normalized spacial score (nSPS) is 18.1. The molecule has 17 heavy (non-hydrogen) atoms. The molecule has 0 saturated heterocycles. The van der Waals surface area contributed by atoms with Crippen molar-refractivity contribution in [2.45, 2.75) is 71.3 Å². The maximum absolute atomic E-state index is 11.7. The molecular formula is C14H27NO2. The molecule has 3 heteroatoms. The SMILES string of the molecule is CC(C)(CCN)CCC(=O)OC1CCCCC1. The highest BCUT2D eigenvalue weighted by Gasteiger charge is 2.21. The highest BCUT2D eigenvalue weighted by atomic mass is 16.5. The molecule has 1 saturated carbocycles. The first kappa shape index (κ1) is 14.5. The van der Waals surface area contributed by atoms with Gasteiger partial charge in [0.05, 0.1) is 0 Å². The van der Waals surface area contributed by atoms with Gasteiger partial charge in [0.2, 0.25) is 0 Å². The Kier molecular flexibility index (Phi) is 5.96. The van der Waals surface area contributed by atoms with Crippen molar-refractivity contribution in [1.29, 1.82) is 0 Å². The molecule has 1 fully saturated rings. The van der Waals surface area contributed by atoms with Crippen LogP contribution in [0.25, 0.3) is 0 Å². The van der Waals surface area contributed by atoms with Crippen molar-refractivity contribution in [1.82, 2.24) is 0 Å². The fourth-order valence-electron chi connectivity index (χ4n) is 2.38. The lowest BCUT2D eigenvalue weighted by molar-refractivity contribution is -0.151. The third-order valence-electron chi connectivity index (χ3n) is 3.68. The Morgan fingerprint density at radius 2 is 1.88 bits per heavy atom. The van der Waals surface area contributed by atoms with Crippen LogP contribution in [-0.4, -0.2) is 18.6 Å². The van der Waals surface area contributed by atoms with E-state index in [0.29, 0.717) is 13.0 Å². The third kappa shape index (κ3) is 6.06. The molecule has 0 radical (unpaired) electrons. The average molecular weight is 241 g/mol. The number of carbonyl (C=O) groups is 1. The van der Waals surface area contributed by atoms with Crippen molar-refractivity contribution in [2.75, 3.05) is 6.54 Å². The second kappa shape index (κ2) is 7.00. The topological polar surface area (TPSA) is 52.3 Å². The van der Waals surface area contributed by atoms with Gasteiger partial charge in [0.1, 0.15) is 6.10 Å². The maximum Gasteiger partial charge on any atom is 0.306 e. The summed E-state index contributed by atoms with van der Waals surface area (Å²) in [5.41, 5.74) is 5.71. The summed E-state index contributed by atoms with van der Waals surface area (Å²) in [5, 5.41) is 0. The quantitative estimate of drug-likeness (QED) is 0.727. The predicted octanol–water partition coefficient (Wildman–Crippen LogP) is 3.02. The van der Waals surface area contributed by atoms with Crippen LogP contribution in [-0.2, 0) is 9.53 Å². The van der Waals surface area contributed by atoms with E-state index in [2.05, 4.69) is 13.8 Å². The Balaban J connectivity index is 2.20. The van der Waals surface area contributed by atoms with E-state index >= 15 is 0 Å². The van der Waals surface area contributed by atoms with Gasteiger partial charge in [0, 0.05) is 6.42 Å². The van der Waals surface area contributed by atoms with Crippen molar-refractivity contribution >= 4 is 5.97 Å². The van der Waals surface area contributed by atoms with Crippen LogP contribution in [0.2, 0.25) is 0 Å². The van der Waals surface area contributed by atoms with Crippen LogP contribution in [0.3, 0.4) is 0 Å². The molecule has 0 aromatic heterocycles. The average Bonchev–Trinajstić information content (AvgIpc) is 2.28. The van der Waals surface area contributed by atoms with Crippen molar-refractivity contribution < 1.29 is 9.53 Å². The first-order chi connectivity index (χ1) is 8.03. The molecule has 0 atom stereocenters. The van der Waals surface area contributed by atoms with Crippen LogP contribution >= 0.6 is 0 Å². The minimum atomic E-state index is -0.0259. The molecule has 0 unspecified atom stereocenters. The van der Waals surface area contributed by atoms with Crippen molar-refractivity contribution in [3.63, 3.8) is 0 Å². The lowest BCUT2D eigenvalue weighted by atomic mass is 9.84. The Hall–Kier alpha value is -0.570. The van der Waals surface area contributed by atoms with Gasteiger partial charge < -0.3 is 10.5 Å². The molecule has 100 valence electrons. The number of rotatable bonds is 6. The van der Waals surface area contributed by atoms with Crippen LogP contribution in [0.4, 0.5) is 0 Å². The first-order valence-corrected chi connectivity index (χ1v) is 6.93. The number of carbonyl (C=O) groups excluding carboxylic acids is 1. The third-order valence-corrected chi connectivity index (χ3v) is 3.68. The molecule has 1 aliphatic carbocycles. The molecule has 0 amide bonds. The van der Waals surface area contributed by atoms with E-state index in [-0.39, 0.29) is 17.5 Å². The molecule has 0 spiro atoms. The van der Waals surface area contributed by atoms with Gasteiger partial charge in [-0.1, -0.05) is 20.3 Å². The zero-order valence-electron chi connectivity index (χ0n) is 11.3. The Bertz CT molecular complexity index is 232. The van der Waals surface area contributed by atoms with E-state index in [1.807, 2.05) is 0 Å². The van der Waals surface area contributed by atoms with E-state index < -0.39 is 0 Å². The Labute approximate surface area is 105 Å². The van der Waals surface area contributed by atoms with Gasteiger partial charge in [0.15, 0.2) is 0 Å². The summed E-state index contributed by atoms with van der Waals surface area (Å²) in [7, 11) is 0. The lowest BCUT2D eigenvalue weighted by Gasteiger charge is -2.25. The maximum atomic E-state index is 11.7. The fraction of sp³-hybridized carbons (Fsp3) is 0.929. The summed E-state index contributed by atoms with van der Waals surface area (Å²) in [6, 6.07) is 0. The van der Waals surface area contributed by atoms with Crippen LogP contribution in [0.15, 0.2) is 0 Å². The van der Waals surface area contributed by atoms with E-state index in [0.717, 1.165) is 25.7 Å². The Morgan fingerprint density at radius 3 is 2.47 bits per heavy atom. The molecule has 0 aromatic rings. The van der Waals surface area contributed by atoms with E-state index in [9.17, 15) is 4.79 Å². The van der Waals surface area contributed by atoms with Gasteiger partial charge in [-0.15, -0.1) is 0 Å². The first-order valence-electron chi connectivity index (χ1n) is 6.93. The van der Waals surface area contributed by atoms with Crippen molar-refractivity contribution in [3.8, 4) is 0 Å². The monoisotopic (exact) mass is 241 g/mol. The predicted molar refractivity (Wildman–Crippen MR) is 69.7 cm³/mol. The van der Waals surface area contributed by atoms with Crippen LogP contribution in [0, 0.1) is 5.41 Å². The molecule has 0 aromatic carbocycles. The van der Waals surface area contributed by atoms with Crippen LogP contribution < -0.4 is 5.73 Å². The van der Waals surface area contributed by atoms with Gasteiger partial charge in [-0.3, -0.25) is 4.79 Å². The molecule has 1 aliphatic rings. The minimum Gasteiger partial charge on any atom is -0.462 e. The van der Waals surface area contributed by atoms with Gasteiger partial charge in [-0.2, -0.15) is 0 Å². The van der Waals surface area contributed by atoms with Crippen molar-refractivity contribution in [3.05, 3.63) is 0 Å². The summed E-state index contributed by atoms with van der Waals surface area (Å²) in [5.74, 6) is -0.0259. The number of hydrogen-bond donors (Lipinski definition) is 1. The number of hydrogen-bond acceptors (Lipinski definition) is 3. The van der Waals surface area contributed by atoms with E-state index in [1.54, 1.807) is 0 Å². The van der Waals surface area contributed by atoms with E-state index in [1.165, 1.54) is 19.3 Å². The van der Waals surface area contributed by atoms with Crippen LogP contribution in [0.1, 0.15) is 65.2 Å². The standard InChI is InChI=1S/C14H27NO2/c1-14(2,10-11-15)9-8-13(16)17-12-6-4-3-5-7-12/h12H,3-11,15H2,1-2H3. The summed E-state index contributed by atoms with van der Waals surface area (Å²) >= 11 is 0. The van der Waals surface area contributed by atoms with E-state index in [4.69, 9.17) is 10.5 Å². The second-order valence-corrected chi connectivity index (χ2v) is 5.95. The van der Waals surface area contributed by atoms with Crippen LogP contribution in [0.5, 0.6) is 0 Å². The van der Waals surface area contributed by atoms with Gasteiger partial charge in [-0.25, -0.2) is 0 Å². The zero-order valence-corrected chi connectivity index (χ0v) is 11.3. The highest BCUT2D eigenvalue weighted by Crippen LogP contribution is 2.27. The molecule has 1 rings (SSSR count). The van der Waals surface area contributed by atoms with Gasteiger partial charge in [0.25, 0.3) is 0 Å². The highest BCUT2D eigenvalue weighted by molar-refractivity contribution is 5.69. The fourth-order valence-corrected chi connectivity index (χ4v) is 2.38. The van der Waals surface area contributed by atoms with Gasteiger partial charge >= 0.3 is 5.97 Å². The zero-order chi connectivity index (χ0) is 12.7. The second-order valence-electron chi connectivity index (χ2n) is 5.95. The molecule has 0 bridgehead atoms. The summed E-state index contributed by atoms with van der Waals surface area (Å²) in [6.45, 7) is 5.01. The Morgan fingerprint density at radius 1 is 1.24 bits per heavy atom. The van der Waals surface area contributed by atoms with Crippen molar-refractivity contribution in [2.24, 2.45) is 11.1 Å². The number of esters is 1. The van der Waals surface area contributed by atoms with Gasteiger partial charge in [-0.05, 0) is 50.5 Å². The summed E-state index contributed by atoms with van der Waals surface area (Å²) in [4.78, 5) is 11.7. The molecule has 2 N–H and O–H groups in total. The number of ether oxygens (including phenoxy) is 1.